The predicted octanol–water partition coefficient (Wildman–Crippen LogP) is 1.93. The number of anilines is 1. The third-order valence-electron chi connectivity index (χ3n) is 3.85. The second kappa shape index (κ2) is 6.66. The highest BCUT2D eigenvalue weighted by molar-refractivity contribution is 7.89. The summed E-state index contributed by atoms with van der Waals surface area (Å²) in [5.41, 5.74) is 1.36. The van der Waals surface area contributed by atoms with E-state index < -0.39 is 10.0 Å². The molecule has 2 aromatic heterocycles. The van der Waals surface area contributed by atoms with Crippen LogP contribution in [0.2, 0.25) is 0 Å². The molecular weight excluding hydrogens is 328 g/mol. The van der Waals surface area contributed by atoms with E-state index >= 15 is 0 Å². The van der Waals surface area contributed by atoms with Gasteiger partial charge >= 0.3 is 0 Å². The number of amides is 1. The first-order chi connectivity index (χ1) is 11.4. The Morgan fingerprint density at radius 1 is 1.21 bits per heavy atom. The van der Waals surface area contributed by atoms with Crippen LogP contribution in [-0.2, 0) is 14.8 Å². The second-order valence-corrected chi connectivity index (χ2v) is 7.48. The van der Waals surface area contributed by atoms with Gasteiger partial charge in [0.2, 0.25) is 15.9 Å². The van der Waals surface area contributed by atoms with Gasteiger partial charge in [0.1, 0.15) is 10.7 Å². The minimum atomic E-state index is -3.58. The van der Waals surface area contributed by atoms with Crippen molar-refractivity contribution in [1.82, 2.24) is 14.7 Å². The van der Waals surface area contributed by atoms with E-state index in [0.717, 1.165) is 24.8 Å². The van der Waals surface area contributed by atoms with Gasteiger partial charge in [0, 0.05) is 37.1 Å². The second-order valence-electron chi connectivity index (χ2n) is 5.77. The quantitative estimate of drug-likeness (QED) is 0.861. The number of rotatable bonds is 5. The van der Waals surface area contributed by atoms with Gasteiger partial charge in [-0.05, 0) is 36.6 Å². The monoisotopic (exact) mass is 346 g/mol. The molecule has 3 rings (SSSR count). The molecule has 0 aliphatic heterocycles. The van der Waals surface area contributed by atoms with Crippen LogP contribution in [0.15, 0.2) is 41.7 Å². The third-order valence-corrected chi connectivity index (χ3v) is 5.34. The Morgan fingerprint density at radius 2 is 2.00 bits per heavy atom. The molecule has 0 spiro atoms. The minimum absolute atomic E-state index is 0.0194. The van der Waals surface area contributed by atoms with E-state index in [1.54, 1.807) is 30.6 Å². The van der Waals surface area contributed by atoms with Gasteiger partial charge in [0.05, 0.1) is 0 Å². The first-order valence-corrected chi connectivity index (χ1v) is 9.14. The normalized spacial score (nSPS) is 14.9. The Hall–Kier alpha value is -2.32. The van der Waals surface area contributed by atoms with Gasteiger partial charge in [-0.15, -0.1) is 0 Å². The summed E-state index contributed by atoms with van der Waals surface area (Å²) in [6.07, 6.45) is 7.26. The first kappa shape index (κ1) is 16.5. The Kier molecular flexibility index (Phi) is 4.59. The van der Waals surface area contributed by atoms with Crippen LogP contribution < -0.4 is 10.0 Å². The molecule has 1 amide bonds. The van der Waals surface area contributed by atoms with E-state index in [0.29, 0.717) is 11.4 Å². The number of nitrogens with one attached hydrogen (secondary N) is 2. The molecule has 0 saturated heterocycles. The number of hydrogen-bond acceptors (Lipinski definition) is 5. The van der Waals surface area contributed by atoms with Crippen molar-refractivity contribution in [3.8, 4) is 11.1 Å². The van der Waals surface area contributed by atoms with Crippen LogP contribution in [0.4, 0.5) is 5.82 Å². The lowest BCUT2D eigenvalue weighted by Gasteiger charge is -2.26. The summed E-state index contributed by atoms with van der Waals surface area (Å²) in [4.78, 5) is 19.4. The highest BCUT2D eigenvalue weighted by atomic mass is 32.2. The number of sulfonamides is 1. The molecule has 0 atom stereocenters. The summed E-state index contributed by atoms with van der Waals surface area (Å²) in [6.45, 7) is 1.40. The maximum Gasteiger partial charge on any atom is 0.242 e. The molecule has 24 heavy (non-hydrogen) atoms. The molecule has 0 unspecified atom stereocenters. The van der Waals surface area contributed by atoms with Crippen molar-refractivity contribution in [1.29, 1.82) is 0 Å². The fourth-order valence-electron chi connectivity index (χ4n) is 2.40. The van der Waals surface area contributed by atoms with Crippen molar-refractivity contribution >= 4 is 21.7 Å². The Morgan fingerprint density at radius 3 is 2.67 bits per heavy atom. The van der Waals surface area contributed by atoms with Gasteiger partial charge in [0.25, 0.3) is 0 Å². The molecule has 1 aliphatic rings. The largest absolute Gasteiger partial charge is 0.311 e. The van der Waals surface area contributed by atoms with Crippen LogP contribution in [0.5, 0.6) is 0 Å². The Balaban J connectivity index is 1.88. The average molecular weight is 346 g/mol. The molecule has 2 N–H and O–H groups in total. The topological polar surface area (TPSA) is 101 Å². The van der Waals surface area contributed by atoms with Crippen LogP contribution in [-0.4, -0.2) is 30.3 Å². The van der Waals surface area contributed by atoms with E-state index in [-0.39, 0.29) is 16.8 Å². The van der Waals surface area contributed by atoms with E-state index in [9.17, 15) is 13.2 Å². The Labute approximate surface area is 140 Å². The maximum atomic E-state index is 12.4. The number of carbonyl (C=O) groups excluding carboxylic acids is 1. The Bertz CT molecular complexity index is 863. The predicted molar refractivity (Wildman–Crippen MR) is 89.7 cm³/mol. The van der Waals surface area contributed by atoms with Gasteiger partial charge in [-0.3, -0.25) is 9.78 Å². The van der Waals surface area contributed by atoms with Gasteiger partial charge < -0.3 is 5.32 Å². The number of pyridine rings is 2. The first-order valence-electron chi connectivity index (χ1n) is 7.65. The lowest BCUT2D eigenvalue weighted by Crippen LogP contribution is -2.39. The standard InChI is InChI=1S/C16H18N4O3S/c1-11(21)19-16-8-12(5-6-18-16)13-7-15(10-17-9-13)24(22,23)20-14-3-2-4-14/h5-10,14,20H,2-4H2,1H3,(H,18,19,21). The van der Waals surface area contributed by atoms with Crippen LogP contribution in [0, 0.1) is 0 Å². The lowest BCUT2D eigenvalue weighted by atomic mass is 9.94. The van der Waals surface area contributed by atoms with Crippen molar-refractivity contribution in [3.05, 3.63) is 36.8 Å². The van der Waals surface area contributed by atoms with Crippen molar-refractivity contribution < 1.29 is 13.2 Å². The average Bonchev–Trinajstić information content (AvgIpc) is 2.51. The lowest BCUT2D eigenvalue weighted by molar-refractivity contribution is -0.114. The molecule has 0 radical (unpaired) electrons. The molecule has 1 saturated carbocycles. The van der Waals surface area contributed by atoms with Gasteiger partial charge in [-0.1, -0.05) is 6.42 Å². The smallest absolute Gasteiger partial charge is 0.242 e. The molecule has 126 valence electrons. The third kappa shape index (κ3) is 3.77. The number of hydrogen-bond donors (Lipinski definition) is 2. The molecule has 8 heteroatoms. The van der Waals surface area contributed by atoms with Crippen LogP contribution >= 0.6 is 0 Å². The van der Waals surface area contributed by atoms with E-state index in [1.165, 1.54) is 13.1 Å². The molecule has 7 nitrogen and oxygen atoms in total. The molecule has 2 heterocycles. The number of aromatic nitrogens is 2. The summed E-state index contributed by atoms with van der Waals surface area (Å²) in [6, 6.07) is 5.00. The SMILES string of the molecule is CC(=O)Nc1cc(-c2cncc(S(=O)(=O)NC3CCC3)c2)ccn1. The van der Waals surface area contributed by atoms with Gasteiger partial charge in [0.15, 0.2) is 0 Å². The zero-order valence-electron chi connectivity index (χ0n) is 13.2. The number of nitrogens with zero attached hydrogens (tertiary/aromatic N) is 2. The van der Waals surface area contributed by atoms with Crippen molar-refractivity contribution in [2.45, 2.75) is 37.1 Å². The zero-order valence-corrected chi connectivity index (χ0v) is 14.0. The van der Waals surface area contributed by atoms with E-state index in [2.05, 4.69) is 20.0 Å². The molecule has 1 fully saturated rings. The fourth-order valence-corrected chi connectivity index (χ4v) is 3.69. The van der Waals surface area contributed by atoms with Crippen LogP contribution in [0.3, 0.4) is 0 Å². The molecule has 1 aliphatic carbocycles. The highest BCUT2D eigenvalue weighted by Gasteiger charge is 2.25. The van der Waals surface area contributed by atoms with Crippen molar-refractivity contribution in [2.24, 2.45) is 0 Å². The van der Waals surface area contributed by atoms with E-state index in [4.69, 9.17) is 0 Å². The summed E-state index contributed by atoms with van der Waals surface area (Å²) >= 11 is 0. The van der Waals surface area contributed by atoms with Crippen LogP contribution in [0.1, 0.15) is 26.2 Å². The van der Waals surface area contributed by atoms with Crippen molar-refractivity contribution in [2.75, 3.05) is 5.32 Å². The van der Waals surface area contributed by atoms with Gasteiger partial charge in [-0.2, -0.15) is 0 Å². The molecular formula is C16H18N4O3S. The molecule has 0 bridgehead atoms. The molecule has 2 aromatic rings. The molecule has 0 aromatic carbocycles. The summed E-state index contributed by atoms with van der Waals surface area (Å²) in [5.74, 6) is 0.180. The van der Waals surface area contributed by atoms with Crippen LogP contribution in [0.25, 0.3) is 11.1 Å². The van der Waals surface area contributed by atoms with Gasteiger partial charge in [-0.25, -0.2) is 18.1 Å². The number of carbonyl (C=O) groups is 1. The van der Waals surface area contributed by atoms with Crippen molar-refractivity contribution in [3.63, 3.8) is 0 Å². The summed E-state index contributed by atoms with van der Waals surface area (Å²) < 4.78 is 27.5. The maximum absolute atomic E-state index is 12.4. The van der Waals surface area contributed by atoms with E-state index in [1.807, 2.05) is 0 Å². The fraction of sp³-hybridized carbons (Fsp3) is 0.312. The minimum Gasteiger partial charge on any atom is -0.311 e. The summed E-state index contributed by atoms with van der Waals surface area (Å²) in [7, 11) is -3.58. The highest BCUT2D eigenvalue weighted by Crippen LogP contribution is 2.25. The zero-order chi connectivity index (χ0) is 17.2. The summed E-state index contributed by atoms with van der Waals surface area (Å²) in [5, 5.41) is 2.60.